The minimum atomic E-state index is -1.18. The molecule has 0 radical (unpaired) electrons. The van der Waals surface area contributed by atoms with Gasteiger partial charge < -0.3 is 15.3 Å². The Hall–Kier alpha value is -0.950. The molecule has 1 heterocycles. The van der Waals surface area contributed by atoms with Crippen molar-refractivity contribution in [3.63, 3.8) is 0 Å². The molecule has 1 aliphatic heterocycles. The zero-order chi connectivity index (χ0) is 14.0. The molecule has 2 rings (SSSR count). The summed E-state index contributed by atoms with van der Waals surface area (Å²) >= 11 is 0. The first kappa shape index (κ1) is 17.1. The van der Waals surface area contributed by atoms with Crippen molar-refractivity contribution in [3.8, 4) is 5.75 Å². The fourth-order valence-electron chi connectivity index (χ4n) is 2.03. The topological polar surface area (TPSA) is 90.1 Å². The van der Waals surface area contributed by atoms with Gasteiger partial charge in [-0.25, -0.2) is 8.93 Å². The van der Waals surface area contributed by atoms with E-state index in [9.17, 15) is 9.32 Å². The summed E-state index contributed by atoms with van der Waals surface area (Å²) in [5.74, 6) is 0.719. The number of benzene rings is 1. The lowest BCUT2D eigenvalue weighted by atomic mass is 9.92. The fraction of sp³-hybridized carbons (Fsp3) is 0.571. The summed E-state index contributed by atoms with van der Waals surface area (Å²) < 4.78 is 20.7. The molecule has 1 aliphatic rings. The van der Waals surface area contributed by atoms with E-state index in [1.807, 2.05) is 45.0 Å². The van der Waals surface area contributed by atoms with Gasteiger partial charge in [-0.05, 0) is 26.8 Å². The van der Waals surface area contributed by atoms with Gasteiger partial charge in [0.15, 0.2) is 0 Å². The largest absolute Gasteiger partial charge is 0.493 e. The SMILES string of the molecule is CC(C)(C)[S@](=O)N[C@@H]1c2ccccc2OC[C@H]1CO.O. The number of para-hydroxylation sites is 1. The van der Waals surface area contributed by atoms with Gasteiger partial charge in [0, 0.05) is 11.5 Å². The zero-order valence-electron chi connectivity index (χ0n) is 12.1. The van der Waals surface area contributed by atoms with Gasteiger partial charge in [-0.15, -0.1) is 0 Å². The monoisotopic (exact) mass is 301 g/mol. The van der Waals surface area contributed by atoms with Crippen molar-refractivity contribution in [1.82, 2.24) is 4.72 Å². The van der Waals surface area contributed by atoms with Crippen molar-refractivity contribution in [2.24, 2.45) is 5.92 Å². The molecule has 1 aromatic carbocycles. The fourth-order valence-corrected chi connectivity index (χ4v) is 2.93. The van der Waals surface area contributed by atoms with E-state index in [4.69, 9.17) is 4.74 Å². The number of fused-ring (bicyclic) bond motifs is 1. The highest BCUT2D eigenvalue weighted by molar-refractivity contribution is 7.84. The van der Waals surface area contributed by atoms with E-state index in [-0.39, 0.29) is 28.8 Å². The Morgan fingerprint density at radius 1 is 1.40 bits per heavy atom. The zero-order valence-corrected chi connectivity index (χ0v) is 12.9. The third-order valence-electron chi connectivity index (χ3n) is 3.20. The van der Waals surface area contributed by atoms with E-state index in [2.05, 4.69) is 4.72 Å². The van der Waals surface area contributed by atoms with Crippen LogP contribution in [-0.4, -0.2) is 32.8 Å². The summed E-state index contributed by atoms with van der Waals surface area (Å²) in [7, 11) is -1.18. The minimum Gasteiger partial charge on any atom is -0.493 e. The van der Waals surface area contributed by atoms with E-state index in [0.717, 1.165) is 11.3 Å². The number of aliphatic hydroxyl groups is 1. The molecule has 5 nitrogen and oxygen atoms in total. The predicted molar refractivity (Wildman–Crippen MR) is 79.9 cm³/mol. The average Bonchev–Trinajstić information content (AvgIpc) is 2.38. The molecular formula is C14H23NO4S. The first-order chi connectivity index (χ1) is 8.93. The second-order valence-corrected chi connectivity index (χ2v) is 7.77. The summed E-state index contributed by atoms with van der Waals surface area (Å²) in [5, 5.41) is 9.48. The Kier molecular flexibility index (Phi) is 5.70. The summed E-state index contributed by atoms with van der Waals surface area (Å²) in [5.41, 5.74) is 0.963. The smallest absolute Gasteiger partial charge is 0.124 e. The molecule has 1 aromatic rings. The maximum atomic E-state index is 12.3. The van der Waals surface area contributed by atoms with Gasteiger partial charge >= 0.3 is 0 Å². The molecule has 0 fully saturated rings. The third-order valence-corrected chi connectivity index (χ3v) is 4.78. The molecule has 114 valence electrons. The van der Waals surface area contributed by atoms with Crippen molar-refractivity contribution in [3.05, 3.63) is 29.8 Å². The first-order valence-corrected chi connectivity index (χ1v) is 7.59. The number of aliphatic hydroxyl groups excluding tert-OH is 1. The minimum absolute atomic E-state index is 0. The van der Waals surface area contributed by atoms with Crippen molar-refractivity contribution < 1.29 is 19.5 Å². The van der Waals surface area contributed by atoms with Crippen LogP contribution in [-0.2, 0) is 11.0 Å². The Morgan fingerprint density at radius 3 is 2.65 bits per heavy atom. The quantitative estimate of drug-likeness (QED) is 0.871. The van der Waals surface area contributed by atoms with Gasteiger partial charge in [0.1, 0.15) is 5.75 Å². The highest BCUT2D eigenvalue weighted by Gasteiger charge is 2.33. The molecule has 4 N–H and O–H groups in total. The molecule has 20 heavy (non-hydrogen) atoms. The standard InChI is InChI=1S/C14H21NO3S.H2O/c1-14(2,3)19(17)15-13-10(8-16)9-18-12-7-5-4-6-11(12)13;/h4-7,10,13,15-16H,8-9H2,1-3H3;1H2/t10-,13+,19+;/m1./s1. The van der Waals surface area contributed by atoms with Gasteiger partial charge in [-0.2, -0.15) is 0 Å². The lowest BCUT2D eigenvalue weighted by Crippen LogP contribution is -2.42. The van der Waals surface area contributed by atoms with Gasteiger partial charge in [-0.1, -0.05) is 18.2 Å². The van der Waals surface area contributed by atoms with E-state index in [0.29, 0.717) is 6.61 Å². The van der Waals surface area contributed by atoms with Gasteiger partial charge in [-0.3, -0.25) is 0 Å². The molecule has 0 saturated heterocycles. The maximum absolute atomic E-state index is 12.3. The molecule has 3 atom stereocenters. The Balaban J connectivity index is 0.00000200. The van der Waals surface area contributed by atoms with Crippen LogP contribution in [0.3, 0.4) is 0 Å². The van der Waals surface area contributed by atoms with Crippen LogP contribution in [0.5, 0.6) is 5.75 Å². The van der Waals surface area contributed by atoms with Crippen LogP contribution >= 0.6 is 0 Å². The number of hydrogen-bond acceptors (Lipinski definition) is 3. The maximum Gasteiger partial charge on any atom is 0.124 e. The van der Waals surface area contributed by atoms with Crippen LogP contribution in [0.25, 0.3) is 0 Å². The molecule has 0 unspecified atom stereocenters. The molecule has 0 amide bonds. The highest BCUT2D eigenvalue weighted by atomic mass is 32.2. The predicted octanol–water partition coefficient (Wildman–Crippen LogP) is 0.956. The van der Waals surface area contributed by atoms with E-state index in [1.54, 1.807) is 0 Å². The van der Waals surface area contributed by atoms with E-state index >= 15 is 0 Å². The van der Waals surface area contributed by atoms with E-state index < -0.39 is 11.0 Å². The van der Waals surface area contributed by atoms with Crippen LogP contribution in [0.15, 0.2) is 24.3 Å². The molecule has 0 bridgehead atoms. The Morgan fingerprint density at radius 2 is 2.05 bits per heavy atom. The van der Waals surface area contributed by atoms with Crippen LogP contribution in [0.4, 0.5) is 0 Å². The molecule has 0 aromatic heterocycles. The Labute approximate surface area is 122 Å². The molecule has 0 aliphatic carbocycles. The molecule has 0 saturated carbocycles. The molecular weight excluding hydrogens is 278 g/mol. The second-order valence-electron chi connectivity index (χ2n) is 5.77. The van der Waals surface area contributed by atoms with Gasteiger partial charge in [0.2, 0.25) is 0 Å². The summed E-state index contributed by atoms with van der Waals surface area (Å²) in [6, 6.07) is 7.55. The van der Waals surface area contributed by atoms with Crippen molar-refractivity contribution in [2.45, 2.75) is 31.6 Å². The second kappa shape index (κ2) is 6.67. The number of rotatable bonds is 3. The van der Waals surface area contributed by atoms with Crippen molar-refractivity contribution >= 4 is 11.0 Å². The number of ether oxygens (including phenoxy) is 1. The normalized spacial score (nSPS) is 23.2. The average molecular weight is 301 g/mol. The van der Waals surface area contributed by atoms with Crippen LogP contribution in [0.1, 0.15) is 32.4 Å². The van der Waals surface area contributed by atoms with Gasteiger partial charge in [0.05, 0.1) is 35.0 Å². The molecule has 0 spiro atoms. The van der Waals surface area contributed by atoms with Crippen LogP contribution in [0, 0.1) is 5.92 Å². The summed E-state index contributed by atoms with van der Waals surface area (Å²) in [6.45, 7) is 6.22. The van der Waals surface area contributed by atoms with Gasteiger partial charge in [0.25, 0.3) is 0 Å². The van der Waals surface area contributed by atoms with Crippen LogP contribution in [0.2, 0.25) is 0 Å². The number of hydrogen-bond donors (Lipinski definition) is 2. The third kappa shape index (κ3) is 3.58. The summed E-state index contributed by atoms with van der Waals surface area (Å²) in [4.78, 5) is 0. The van der Waals surface area contributed by atoms with Crippen molar-refractivity contribution in [1.29, 1.82) is 0 Å². The molecule has 6 heteroatoms. The Bertz CT molecular complexity index is 472. The van der Waals surface area contributed by atoms with Crippen molar-refractivity contribution in [2.75, 3.05) is 13.2 Å². The summed E-state index contributed by atoms with van der Waals surface area (Å²) in [6.07, 6.45) is 0. The first-order valence-electron chi connectivity index (χ1n) is 6.44. The van der Waals surface area contributed by atoms with Crippen LogP contribution < -0.4 is 9.46 Å². The lowest BCUT2D eigenvalue weighted by molar-refractivity contribution is 0.119. The highest BCUT2D eigenvalue weighted by Crippen LogP contribution is 2.35. The number of nitrogens with one attached hydrogen (secondary N) is 1. The van der Waals surface area contributed by atoms with E-state index in [1.165, 1.54) is 0 Å². The lowest BCUT2D eigenvalue weighted by Gasteiger charge is -2.34.